The van der Waals surface area contributed by atoms with Crippen LogP contribution in [0.4, 0.5) is 0 Å². The second-order valence-electron chi connectivity index (χ2n) is 11.1. The van der Waals surface area contributed by atoms with Crippen LogP contribution in [0.5, 0.6) is 0 Å². The summed E-state index contributed by atoms with van der Waals surface area (Å²) < 4.78 is 27.5. The number of aryl methyl sites for hydroxylation is 3. The highest BCUT2D eigenvalue weighted by Crippen LogP contribution is 2.27. The minimum atomic E-state index is -3.62. The molecule has 0 saturated carbocycles. The van der Waals surface area contributed by atoms with Crippen molar-refractivity contribution in [1.82, 2.24) is 14.9 Å². The van der Waals surface area contributed by atoms with Crippen molar-refractivity contribution in [2.75, 3.05) is 26.2 Å². The van der Waals surface area contributed by atoms with Crippen LogP contribution in [0.1, 0.15) is 78.2 Å². The monoisotopic (exact) mass is 527 g/mol. The number of amides is 2. The third kappa shape index (κ3) is 7.20. The summed E-state index contributed by atoms with van der Waals surface area (Å²) in [7, 11) is -3.62. The van der Waals surface area contributed by atoms with E-state index in [9.17, 15) is 18.0 Å². The molecule has 2 aromatic carbocycles. The lowest BCUT2D eigenvalue weighted by Crippen LogP contribution is -2.36. The first-order valence-electron chi connectivity index (χ1n) is 13.1. The number of piperidine rings is 1. The van der Waals surface area contributed by atoms with E-state index >= 15 is 0 Å². The molecule has 0 aromatic heterocycles. The highest BCUT2D eigenvalue weighted by molar-refractivity contribution is 7.89. The molecule has 0 unspecified atom stereocenters. The van der Waals surface area contributed by atoms with E-state index in [1.54, 1.807) is 19.1 Å². The van der Waals surface area contributed by atoms with Crippen molar-refractivity contribution in [2.24, 2.45) is 0 Å². The van der Waals surface area contributed by atoms with E-state index in [-0.39, 0.29) is 41.6 Å². The van der Waals surface area contributed by atoms with Crippen LogP contribution in [-0.4, -0.2) is 50.7 Å². The zero-order valence-corrected chi connectivity index (χ0v) is 23.8. The Morgan fingerprint density at radius 3 is 2.05 bits per heavy atom. The van der Waals surface area contributed by atoms with Gasteiger partial charge >= 0.3 is 0 Å². The maximum atomic E-state index is 13.0. The first kappa shape index (κ1) is 28.9. The Balaban J connectivity index is 1.56. The van der Waals surface area contributed by atoms with E-state index < -0.39 is 10.0 Å². The van der Waals surface area contributed by atoms with Crippen LogP contribution >= 0.6 is 0 Å². The van der Waals surface area contributed by atoms with E-state index in [0.717, 1.165) is 36.0 Å². The average molecular weight is 528 g/mol. The number of nitrogens with one attached hydrogen (secondary N) is 2. The van der Waals surface area contributed by atoms with Gasteiger partial charge in [-0.15, -0.1) is 0 Å². The summed E-state index contributed by atoms with van der Waals surface area (Å²) in [6.07, 6.45) is 3.02. The van der Waals surface area contributed by atoms with Crippen molar-refractivity contribution in [3.63, 3.8) is 0 Å². The molecular formula is C29H41N3O4S. The second kappa shape index (κ2) is 11.8. The summed E-state index contributed by atoms with van der Waals surface area (Å²) in [6.45, 7) is 13.9. The van der Waals surface area contributed by atoms with E-state index in [1.807, 2.05) is 13.8 Å². The highest BCUT2D eigenvalue weighted by atomic mass is 32.2. The first-order chi connectivity index (χ1) is 17.3. The molecule has 8 heteroatoms. The fourth-order valence-corrected chi connectivity index (χ4v) is 6.21. The van der Waals surface area contributed by atoms with Gasteiger partial charge in [0.1, 0.15) is 0 Å². The maximum absolute atomic E-state index is 13.0. The van der Waals surface area contributed by atoms with E-state index in [1.165, 1.54) is 15.9 Å². The van der Waals surface area contributed by atoms with E-state index in [2.05, 4.69) is 43.5 Å². The second-order valence-corrected chi connectivity index (χ2v) is 13.0. The number of rotatable bonds is 8. The summed E-state index contributed by atoms with van der Waals surface area (Å²) in [4.78, 5) is 25.5. The summed E-state index contributed by atoms with van der Waals surface area (Å²) in [5.41, 5.74) is 5.55. The van der Waals surface area contributed by atoms with Crippen LogP contribution in [0.2, 0.25) is 0 Å². The number of carbonyl (C=O) groups excluding carboxylic acids is 2. The molecular weight excluding hydrogens is 486 g/mol. The minimum Gasteiger partial charge on any atom is -0.354 e. The largest absolute Gasteiger partial charge is 0.354 e. The molecule has 0 bridgehead atoms. The van der Waals surface area contributed by atoms with Crippen molar-refractivity contribution < 1.29 is 18.0 Å². The Labute approximate surface area is 222 Å². The fraction of sp³-hybridized carbons (Fsp3) is 0.517. The van der Waals surface area contributed by atoms with Gasteiger partial charge in [-0.1, -0.05) is 45.4 Å². The van der Waals surface area contributed by atoms with Gasteiger partial charge in [0.15, 0.2) is 0 Å². The molecule has 2 amide bonds. The van der Waals surface area contributed by atoms with Crippen LogP contribution in [0, 0.1) is 20.8 Å². The number of hydrogen-bond donors (Lipinski definition) is 2. The summed E-state index contributed by atoms with van der Waals surface area (Å²) >= 11 is 0. The maximum Gasteiger partial charge on any atom is 0.251 e. The van der Waals surface area contributed by atoms with Crippen LogP contribution < -0.4 is 10.6 Å². The molecule has 1 saturated heterocycles. The van der Waals surface area contributed by atoms with Gasteiger partial charge < -0.3 is 10.6 Å². The predicted octanol–water partition coefficient (Wildman–Crippen LogP) is 4.17. The summed E-state index contributed by atoms with van der Waals surface area (Å²) in [5, 5.41) is 5.68. The summed E-state index contributed by atoms with van der Waals surface area (Å²) in [6, 6.07) is 8.99. The SMILES string of the molecule is Cc1ccc(S(=O)(=O)N2CCCCC2)cc1C(=O)NCCNC(=O)Cc1c(C)cc(C(C)(C)C)cc1C. The molecule has 37 heavy (non-hydrogen) atoms. The Kier molecular flexibility index (Phi) is 9.18. The molecule has 1 aliphatic rings. The third-order valence-corrected chi connectivity index (χ3v) is 8.93. The minimum absolute atomic E-state index is 0.0458. The molecule has 0 atom stereocenters. The number of sulfonamides is 1. The topological polar surface area (TPSA) is 95.6 Å². The van der Waals surface area contributed by atoms with Crippen molar-refractivity contribution in [3.05, 3.63) is 63.7 Å². The lowest BCUT2D eigenvalue weighted by Gasteiger charge is -2.26. The van der Waals surface area contributed by atoms with Gasteiger partial charge in [0.25, 0.3) is 5.91 Å². The zero-order valence-electron chi connectivity index (χ0n) is 23.0. The molecule has 3 rings (SSSR count). The average Bonchev–Trinajstić information content (AvgIpc) is 2.84. The van der Waals surface area contributed by atoms with Gasteiger partial charge in [0, 0.05) is 31.7 Å². The van der Waals surface area contributed by atoms with Gasteiger partial charge in [-0.25, -0.2) is 8.42 Å². The van der Waals surface area contributed by atoms with Gasteiger partial charge in [-0.3, -0.25) is 9.59 Å². The molecule has 1 fully saturated rings. The van der Waals surface area contributed by atoms with Gasteiger partial charge in [-0.05, 0) is 79.0 Å². The molecule has 0 spiro atoms. The van der Waals surface area contributed by atoms with Crippen LogP contribution in [0.15, 0.2) is 35.2 Å². The van der Waals surface area contributed by atoms with Crippen molar-refractivity contribution in [2.45, 2.75) is 77.5 Å². The number of nitrogens with zero attached hydrogens (tertiary/aromatic N) is 1. The normalized spacial score (nSPS) is 14.9. The molecule has 202 valence electrons. The molecule has 1 aliphatic heterocycles. The Bertz CT molecular complexity index is 1230. The molecule has 7 nitrogen and oxygen atoms in total. The third-order valence-electron chi connectivity index (χ3n) is 7.04. The molecule has 0 aliphatic carbocycles. The highest BCUT2D eigenvalue weighted by Gasteiger charge is 2.27. The Hall–Kier alpha value is -2.71. The Morgan fingerprint density at radius 2 is 1.46 bits per heavy atom. The molecule has 2 N–H and O–H groups in total. The van der Waals surface area contributed by atoms with Crippen LogP contribution in [0.25, 0.3) is 0 Å². The van der Waals surface area contributed by atoms with Crippen molar-refractivity contribution >= 4 is 21.8 Å². The lowest BCUT2D eigenvalue weighted by molar-refractivity contribution is -0.120. The van der Waals surface area contributed by atoms with Crippen LogP contribution in [-0.2, 0) is 26.7 Å². The number of carbonyl (C=O) groups is 2. The smallest absolute Gasteiger partial charge is 0.251 e. The van der Waals surface area contributed by atoms with Gasteiger partial charge in [0.2, 0.25) is 15.9 Å². The number of hydrogen-bond acceptors (Lipinski definition) is 4. The molecule has 2 aromatic rings. The quantitative estimate of drug-likeness (QED) is 0.504. The van der Waals surface area contributed by atoms with Gasteiger partial charge in [0.05, 0.1) is 11.3 Å². The summed E-state index contributed by atoms with van der Waals surface area (Å²) in [5.74, 6) is -0.457. The predicted molar refractivity (Wildman–Crippen MR) is 147 cm³/mol. The Morgan fingerprint density at radius 1 is 0.865 bits per heavy atom. The zero-order chi connectivity index (χ0) is 27.4. The lowest BCUT2D eigenvalue weighted by atomic mass is 9.83. The van der Waals surface area contributed by atoms with Crippen LogP contribution in [0.3, 0.4) is 0 Å². The number of benzene rings is 2. The van der Waals surface area contributed by atoms with Crippen molar-refractivity contribution in [3.8, 4) is 0 Å². The molecule has 1 heterocycles. The fourth-order valence-electron chi connectivity index (χ4n) is 4.66. The molecule has 0 radical (unpaired) electrons. The van der Waals surface area contributed by atoms with Crippen molar-refractivity contribution in [1.29, 1.82) is 0 Å². The van der Waals surface area contributed by atoms with Gasteiger partial charge in [-0.2, -0.15) is 4.31 Å². The first-order valence-corrected chi connectivity index (χ1v) is 14.5. The van der Waals surface area contributed by atoms with E-state index in [0.29, 0.717) is 24.2 Å². The standard InChI is InChI=1S/C29H41N3O4S/c1-20-10-11-24(37(35,36)32-14-8-7-9-15-32)18-26(20)28(34)31-13-12-30-27(33)19-25-21(2)16-23(17-22(25)3)29(4,5)6/h10-11,16-18H,7-9,12-15,19H2,1-6H3,(H,30,33)(H,31,34). The van der Waals surface area contributed by atoms with E-state index in [4.69, 9.17) is 0 Å².